The molecular weight excluding hydrogens is 436 g/mol. The van der Waals surface area contributed by atoms with Crippen LogP contribution >= 0.6 is 11.3 Å². The molecule has 2 N–H and O–H groups in total. The third-order valence-electron chi connectivity index (χ3n) is 5.09. The van der Waals surface area contributed by atoms with Crippen molar-refractivity contribution in [3.8, 4) is 0 Å². The smallest absolute Gasteiger partial charge is 0.292 e. The molecule has 2 amide bonds. The quantitative estimate of drug-likeness (QED) is 0.580. The van der Waals surface area contributed by atoms with Gasteiger partial charge in [0.1, 0.15) is 5.00 Å². The Labute approximate surface area is 184 Å². The van der Waals surface area contributed by atoms with Crippen LogP contribution in [0.4, 0.5) is 5.00 Å². The van der Waals surface area contributed by atoms with Crippen LogP contribution in [0, 0.1) is 0 Å². The second-order valence-corrected chi connectivity index (χ2v) is 10.1. The van der Waals surface area contributed by atoms with E-state index in [4.69, 9.17) is 4.42 Å². The highest BCUT2D eigenvalue weighted by molar-refractivity contribution is 7.91. The number of hydrogen-bond donors (Lipinski definition) is 2. The van der Waals surface area contributed by atoms with Crippen LogP contribution in [0.5, 0.6) is 0 Å². The Kier molecular flexibility index (Phi) is 5.97. The van der Waals surface area contributed by atoms with Crippen molar-refractivity contribution < 1.29 is 22.4 Å². The lowest BCUT2D eigenvalue weighted by atomic mass is 9.95. The Morgan fingerprint density at radius 2 is 1.77 bits per heavy atom. The second kappa shape index (κ2) is 8.68. The van der Waals surface area contributed by atoms with E-state index in [0.717, 1.165) is 36.1 Å². The number of aryl methyl sites for hydroxylation is 1. The third kappa shape index (κ3) is 4.15. The standard InChI is InChI=1S/C22H22N2O5S2/c1-2-23-21(26)19-15-10-6-7-11-17(15)30-22(19)24-20(25)16-12-13-18(29-16)31(27,28)14-8-4-3-5-9-14/h3-5,8-9,12-13H,2,6-7,10-11H2,1H3,(H,23,26)(H,24,25). The molecule has 2 heterocycles. The summed E-state index contributed by atoms with van der Waals surface area (Å²) in [6.45, 7) is 2.32. The van der Waals surface area contributed by atoms with Crippen LogP contribution in [-0.2, 0) is 22.7 Å². The molecule has 0 unspecified atom stereocenters. The van der Waals surface area contributed by atoms with Crippen LogP contribution < -0.4 is 10.6 Å². The topological polar surface area (TPSA) is 105 Å². The van der Waals surface area contributed by atoms with E-state index in [-0.39, 0.29) is 21.7 Å². The van der Waals surface area contributed by atoms with Crippen LogP contribution in [0.1, 0.15) is 51.1 Å². The summed E-state index contributed by atoms with van der Waals surface area (Å²) in [6, 6.07) is 10.5. The summed E-state index contributed by atoms with van der Waals surface area (Å²) in [4.78, 5) is 26.7. The predicted octanol–water partition coefficient (Wildman–Crippen LogP) is 4.05. The lowest BCUT2D eigenvalue weighted by Gasteiger charge is -2.12. The van der Waals surface area contributed by atoms with Crippen LogP contribution in [0.15, 0.2) is 56.9 Å². The molecule has 0 radical (unpaired) electrons. The average Bonchev–Trinajstić information content (AvgIpc) is 3.40. The number of carbonyl (C=O) groups excluding carboxylic acids is 2. The van der Waals surface area contributed by atoms with E-state index in [0.29, 0.717) is 17.1 Å². The first-order valence-corrected chi connectivity index (χ1v) is 12.4. The number of benzene rings is 1. The van der Waals surface area contributed by atoms with Gasteiger partial charge in [-0.1, -0.05) is 18.2 Å². The summed E-state index contributed by atoms with van der Waals surface area (Å²) in [5.41, 5.74) is 1.49. The molecule has 0 bridgehead atoms. The Hall–Kier alpha value is -2.91. The summed E-state index contributed by atoms with van der Waals surface area (Å²) in [5.74, 6) is -0.953. The fourth-order valence-electron chi connectivity index (χ4n) is 3.61. The maximum absolute atomic E-state index is 12.8. The highest BCUT2D eigenvalue weighted by atomic mass is 32.2. The minimum atomic E-state index is -3.86. The summed E-state index contributed by atoms with van der Waals surface area (Å²) in [6.07, 6.45) is 3.73. The Balaban J connectivity index is 1.61. The van der Waals surface area contributed by atoms with Gasteiger partial charge in [0, 0.05) is 11.4 Å². The molecule has 9 heteroatoms. The molecule has 0 aliphatic heterocycles. The number of sulfone groups is 1. The summed E-state index contributed by atoms with van der Waals surface area (Å²) >= 11 is 1.40. The van der Waals surface area contributed by atoms with Crippen molar-refractivity contribution in [1.82, 2.24) is 5.32 Å². The number of amides is 2. The van der Waals surface area contributed by atoms with Gasteiger partial charge < -0.3 is 15.1 Å². The zero-order chi connectivity index (χ0) is 22.0. The number of fused-ring (bicyclic) bond motifs is 1. The SMILES string of the molecule is CCNC(=O)c1c(NC(=O)c2ccc(S(=O)(=O)c3ccccc3)o2)sc2c1CCCC2. The highest BCUT2D eigenvalue weighted by Crippen LogP contribution is 2.38. The maximum atomic E-state index is 12.8. The van der Waals surface area contributed by atoms with Gasteiger partial charge in [-0.2, -0.15) is 0 Å². The van der Waals surface area contributed by atoms with Gasteiger partial charge in [-0.15, -0.1) is 11.3 Å². The second-order valence-electron chi connectivity index (χ2n) is 7.16. The van der Waals surface area contributed by atoms with Gasteiger partial charge in [-0.25, -0.2) is 8.42 Å². The van der Waals surface area contributed by atoms with Gasteiger partial charge in [-0.3, -0.25) is 9.59 Å². The normalized spacial score (nSPS) is 13.5. The van der Waals surface area contributed by atoms with Crippen molar-refractivity contribution in [3.05, 3.63) is 64.2 Å². The van der Waals surface area contributed by atoms with Gasteiger partial charge in [0.2, 0.25) is 14.9 Å². The number of nitrogens with one attached hydrogen (secondary N) is 2. The van der Waals surface area contributed by atoms with Crippen molar-refractivity contribution in [3.63, 3.8) is 0 Å². The molecule has 1 aliphatic carbocycles. The number of anilines is 1. The monoisotopic (exact) mass is 458 g/mol. The van der Waals surface area contributed by atoms with E-state index in [9.17, 15) is 18.0 Å². The third-order valence-corrected chi connectivity index (χ3v) is 7.94. The predicted molar refractivity (Wildman–Crippen MR) is 118 cm³/mol. The number of carbonyl (C=O) groups is 2. The largest absolute Gasteiger partial charge is 0.439 e. The van der Waals surface area contributed by atoms with E-state index in [2.05, 4.69) is 10.6 Å². The van der Waals surface area contributed by atoms with E-state index in [1.165, 1.54) is 35.6 Å². The van der Waals surface area contributed by atoms with Crippen molar-refractivity contribution in [1.29, 1.82) is 0 Å². The summed E-state index contributed by atoms with van der Waals surface area (Å²) in [7, 11) is -3.86. The van der Waals surface area contributed by atoms with Crippen molar-refractivity contribution in [2.45, 2.75) is 42.6 Å². The van der Waals surface area contributed by atoms with Gasteiger partial charge in [0.25, 0.3) is 11.8 Å². The fourth-order valence-corrected chi connectivity index (χ4v) is 6.09. The summed E-state index contributed by atoms with van der Waals surface area (Å²) in [5, 5.41) is 5.72. The van der Waals surface area contributed by atoms with Crippen LogP contribution in [-0.4, -0.2) is 26.8 Å². The lowest BCUT2D eigenvalue weighted by Crippen LogP contribution is -2.25. The molecule has 2 aromatic heterocycles. The maximum Gasteiger partial charge on any atom is 0.292 e. The molecule has 0 saturated carbocycles. The van der Waals surface area contributed by atoms with Crippen molar-refractivity contribution >= 4 is 38.0 Å². The van der Waals surface area contributed by atoms with Gasteiger partial charge >= 0.3 is 0 Å². The first kappa shape index (κ1) is 21.3. The molecule has 7 nitrogen and oxygen atoms in total. The van der Waals surface area contributed by atoms with Crippen LogP contribution in [0.25, 0.3) is 0 Å². The summed E-state index contributed by atoms with van der Waals surface area (Å²) < 4.78 is 30.8. The number of rotatable bonds is 6. The number of furan rings is 1. The molecule has 162 valence electrons. The van der Waals surface area contributed by atoms with E-state index < -0.39 is 15.7 Å². The molecule has 0 saturated heterocycles. The van der Waals surface area contributed by atoms with E-state index in [1.54, 1.807) is 18.2 Å². The molecule has 0 atom stereocenters. The van der Waals surface area contributed by atoms with E-state index in [1.807, 2.05) is 6.92 Å². The molecule has 0 spiro atoms. The zero-order valence-electron chi connectivity index (χ0n) is 16.9. The molecular formula is C22H22N2O5S2. The van der Waals surface area contributed by atoms with Gasteiger partial charge in [0.15, 0.2) is 5.76 Å². The highest BCUT2D eigenvalue weighted by Gasteiger charge is 2.28. The Bertz CT molecular complexity index is 1230. The van der Waals surface area contributed by atoms with Gasteiger partial charge in [0.05, 0.1) is 10.5 Å². The van der Waals surface area contributed by atoms with Gasteiger partial charge in [-0.05, 0) is 62.4 Å². The molecule has 4 rings (SSSR count). The minimum Gasteiger partial charge on any atom is -0.439 e. The van der Waals surface area contributed by atoms with Crippen molar-refractivity contribution in [2.75, 3.05) is 11.9 Å². The molecule has 0 fully saturated rings. The lowest BCUT2D eigenvalue weighted by molar-refractivity contribution is 0.0956. The van der Waals surface area contributed by atoms with Crippen LogP contribution in [0.3, 0.4) is 0 Å². The molecule has 31 heavy (non-hydrogen) atoms. The first-order chi connectivity index (χ1) is 14.9. The molecule has 1 aliphatic rings. The molecule has 1 aromatic carbocycles. The Morgan fingerprint density at radius 1 is 1.03 bits per heavy atom. The van der Waals surface area contributed by atoms with E-state index >= 15 is 0 Å². The number of hydrogen-bond acceptors (Lipinski definition) is 6. The molecule has 3 aromatic rings. The minimum absolute atomic E-state index is 0.0840. The van der Waals surface area contributed by atoms with Crippen molar-refractivity contribution in [2.24, 2.45) is 0 Å². The Morgan fingerprint density at radius 3 is 2.52 bits per heavy atom. The average molecular weight is 459 g/mol. The zero-order valence-corrected chi connectivity index (χ0v) is 18.6. The van der Waals surface area contributed by atoms with Crippen LogP contribution in [0.2, 0.25) is 0 Å². The first-order valence-electron chi connectivity index (χ1n) is 10.1. The number of thiophene rings is 1. The fraction of sp³-hybridized carbons (Fsp3) is 0.273.